The molecule has 1 fully saturated rings. The largest absolute Gasteiger partial charge is 0.489 e. The molecule has 0 radical (unpaired) electrons. The number of nitrogens with two attached hydrogens (primary N) is 1. The van der Waals surface area contributed by atoms with Crippen LogP contribution in [0.2, 0.25) is 0 Å². The Bertz CT molecular complexity index is 797. The highest BCUT2D eigenvalue weighted by atomic mass is 127. The van der Waals surface area contributed by atoms with Crippen LogP contribution in [0.5, 0.6) is 5.75 Å². The molecule has 25 heavy (non-hydrogen) atoms. The number of nitrogens with zero attached hydrogens (tertiary/aromatic N) is 1. The fraction of sp³-hybridized carbons (Fsp3) is 0.222. The van der Waals surface area contributed by atoms with Gasteiger partial charge in [-0.25, -0.2) is 4.39 Å². The van der Waals surface area contributed by atoms with E-state index in [-0.39, 0.29) is 28.8 Å². The SMILES string of the molecule is NC(=O)C1CC(=O)N(c2ccc(OCc3cccc(F)c3)cc2)C1I. The Morgan fingerprint density at radius 2 is 2.00 bits per heavy atom. The molecule has 5 nitrogen and oxygen atoms in total. The van der Waals surface area contributed by atoms with Gasteiger partial charge in [-0.2, -0.15) is 0 Å². The summed E-state index contributed by atoms with van der Waals surface area (Å²) in [6.07, 6.45) is 0.126. The van der Waals surface area contributed by atoms with Gasteiger partial charge in [0, 0.05) is 12.1 Å². The standard InChI is InChI=1S/C18H16FIN2O3/c19-12-3-1-2-11(8-12)10-25-14-6-4-13(5-7-14)22-16(23)9-15(17(22)20)18(21)24/h1-8,15,17H,9-10H2,(H2,21,24). The normalized spacial score (nSPS) is 19.9. The van der Waals surface area contributed by atoms with Gasteiger partial charge in [-0.15, -0.1) is 0 Å². The first-order valence-corrected chi connectivity index (χ1v) is 8.93. The Morgan fingerprint density at radius 3 is 2.60 bits per heavy atom. The van der Waals surface area contributed by atoms with Crippen LogP contribution in [-0.2, 0) is 16.2 Å². The quantitative estimate of drug-likeness (QED) is 0.429. The predicted octanol–water partition coefficient (Wildman–Crippen LogP) is 3.00. The molecule has 1 aliphatic rings. The Balaban J connectivity index is 1.68. The maximum atomic E-state index is 13.2. The van der Waals surface area contributed by atoms with E-state index in [0.29, 0.717) is 11.4 Å². The van der Waals surface area contributed by atoms with Gasteiger partial charge in [-0.3, -0.25) is 14.5 Å². The van der Waals surface area contributed by atoms with Crippen LogP contribution in [0.4, 0.5) is 10.1 Å². The molecule has 2 aromatic rings. The van der Waals surface area contributed by atoms with E-state index < -0.39 is 11.8 Å². The lowest BCUT2D eigenvalue weighted by Crippen LogP contribution is -2.34. The molecule has 0 bridgehead atoms. The second-order valence-electron chi connectivity index (χ2n) is 5.76. The average molecular weight is 454 g/mol. The summed E-state index contributed by atoms with van der Waals surface area (Å²) in [5.74, 6) is -0.781. The summed E-state index contributed by atoms with van der Waals surface area (Å²) >= 11 is 2.06. The third-order valence-corrected chi connectivity index (χ3v) is 5.44. The second-order valence-corrected chi connectivity index (χ2v) is 7.04. The molecular weight excluding hydrogens is 438 g/mol. The molecule has 0 aliphatic carbocycles. The van der Waals surface area contributed by atoms with E-state index in [4.69, 9.17) is 10.5 Å². The van der Waals surface area contributed by atoms with Crippen LogP contribution in [0.25, 0.3) is 0 Å². The highest BCUT2D eigenvalue weighted by Crippen LogP contribution is 2.35. The molecule has 7 heteroatoms. The summed E-state index contributed by atoms with van der Waals surface area (Å²) in [4.78, 5) is 25.2. The van der Waals surface area contributed by atoms with Crippen molar-refractivity contribution in [1.29, 1.82) is 0 Å². The number of rotatable bonds is 5. The minimum Gasteiger partial charge on any atom is -0.489 e. The number of halogens is 2. The molecule has 2 atom stereocenters. The molecule has 130 valence electrons. The highest BCUT2D eigenvalue weighted by molar-refractivity contribution is 14.1. The van der Waals surface area contributed by atoms with Gasteiger partial charge in [-0.05, 0) is 42.0 Å². The van der Waals surface area contributed by atoms with E-state index >= 15 is 0 Å². The first-order valence-electron chi connectivity index (χ1n) is 7.68. The minimum atomic E-state index is -0.489. The summed E-state index contributed by atoms with van der Waals surface area (Å²) in [6.45, 7) is 0.248. The van der Waals surface area contributed by atoms with Crippen molar-refractivity contribution >= 4 is 40.1 Å². The number of carbonyl (C=O) groups excluding carboxylic acids is 2. The minimum absolute atomic E-state index is 0.126. The molecule has 2 aromatic carbocycles. The fourth-order valence-electron chi connectivity index (χ4n) is 2.72. The van der Waals surface area contributed by atoms with Crippen LogP contribution in [0, 0.1) is 11.7 Å². The number of primary amides is 1. The molecule has 2 N–H and O–H groups in total. The lowest BCUT2D eigenvalue weighted by atomic mass is 10.1. The number of ether oxygens (including phenoxy) is 1. The Labute approximate surface area is 158 Å². The lowest BCUT2D eigenvalue weighted by Gasteiger charge is -2.22. The fourth-order valence-corrected chi connectivity index (χ4v) is 3.96. The number of hydrogen-bond acceptors (Lipinski definition) is 3. The zero-order valence-electron chi connectivity index (χ0n) is 13.2. The van der Waals surface area contributed by atoms with Crippen molar-refractivity contribution in [2.45, 2.75) is 17.1 Å². The molecule has 1 heterocycles. The predicted molar refractivity (Wildman–Crippen MR) is 99.8 cm³/mol. The Morgan fingerprint density at radius 1 is 1.28 bits per heavy atom. The molecule has 2 amide bonds. The zero-order valence-corrected chi connectivity index (χ0v) is 15.4. The first kappa shape index (κ1) is 17.7. The maximum Gasteiger partial charge on any atom is 0.228 e. The van der Waals surface area contributed by atoms with Crippen LogP contribution in [0.3, 0.4) is 0 Å². The van der Waals surface area contributed by atoms with Crippen LogP contribution < -0.4 is 15.4 Å². The zero-order chi connectivity index (χ0) is 18.0. The summed E-state index contributed by atoms with van der Waals surface area (Å²) < 4.78 is 18.5. The third-order valence-electron chi connectivity index (χ3n) is 4.02. The maximum absolute atomic E-state index is 13.2. The topological polar surface area (TPSA) is 72.6 Å². The van der Waals surface area contributed by atoms with E-state index in [0.717, 1.165) is 5.56 Å². The van der Waals surface area contributed by atoms with E-state index in [9.17, 15) is 14.0 Å². The monoisotopic (exact) mass is 454 g/mol. The number of anilines is 1. The van der Waals surface area contributed by atoms with Crippen molar-refractivity contribution in [3.63, 3.8) is 0 Å². The molecular formula is C18H16FIN2O3. The number of benzene rings is 2. The molecule has 3 rings (SSSR count). The third kappa shape index (κ3) is 3.92. The van der Waals surface area contributed by atoms with Crippen LogP contribution >= 0.6 is 22.6 Å². The highest BCUT2D eigenvalue weighted by Gasteiger charge is 2.42. The van der Waals surface area contributed by atoms with Crippen molar-refractivity contribution in [2.24, 2.45) is 11.7 Å². The van der Waals surface area contributed by atoms with Crippen molar-refractivity contribution < 1.29 is 18.7 Å². The van der Waals surface area contributed by atoms with Crippen molar-refractivity contribution in [3.05, 3.63) is 59.9 Å². The smallest absolute Gasteiger partial charge is 0.228 e. The van der Waals surface area contributed by atoms with E-state index in [1.54, 1.807) is 41.3 Å². The van der Waals surface area contributed by atoms with Crippen LogP contribution in [-0.4, -0.2) is 15.9 Å². The number of alkyl halides is 1. The van der Waals surface area contributed by atoms with Gasteiger partial charge in [0.1, 0.15) is 22.2 Å². The van der Waals surface area contributed by atoms with E-state index in [2.05, 4.69) is 22.6 Å². The van der Waals surface area contributed by atoms with Crippen LogP contribution in [0.1, 0.15) is 12.0 Å². The molecule has 0 aromatic heterocycles. The van der Waals surface area contributed by atoms with Gasteiger partial charge < -0.3 is 10.5 Å². The molecule has 0 spiro atoms. The Hall–Kier alpha value is -2.16. The molecule has 1 saturated heterocycles. The van der Waals surface area contributed by atoms with Crippen molar-refractivity contribution in [1.82, 2.24) is 0 Å². The summed E-state index contributed by atoms with van der Waals surface area (Å²) in [6, 6.07) is 13.2. The Kier molecular flexibility index (Phi) is 5.22. The summed E-state index contributed by atoms with van der Waals surface area (Å²) in [5, 5.41) is 0. The molecule has 0 saturated carbocycles. The molecule has 2 unspecified atom stereocenters. The van der Waals surface area contributed by atoms with E-state index in [1.807, 2.05) is 0 Å². The number of carbonyl (C=O) groups is 2. The number of amides is 2. The van der Waals surface area contributed by atoms with Gasteiger partial charge in [0.25, 0.3) is 0 Å². The van der Waals surface area contributed by atoms with Crippen LogP contribution in [0.15, 0.2) is 48.5 Å². The summed E-state index contributed by atoms with van der Waals surface area (Å²) in [5.41, 5.74) is 6.77. The van der Waals surface area contributed by atoms with Gasteiger partial charge in [0.2, 0.25) is 11.8 Å². The van der Waals surface area contributed by atoms with Crippen molar-refractivity contribution in [2.75, 3.05) is 4.90 Å². The summed E-state index contributed by atoms with van der Waals surface area (Å²) in [7, 11) is 0. The average Bonchev–Trinajstić information content (AvgIpc) is 2.88. The lowest BCUT2D eigenvalue weighted by molar-refractivity contribution is -0.123. The van der Waals surface area contributed by atoms with E-state index in [1.165, 1.54) is 12.1 Å². The number of hydrogen-bond donors (Lipinski definition) is 1. The van der Waals surface area contributed by atoms with Crippen molar-refractivity contribution in [3.8, 4) is 5.75 Å². The van der Waals surface area contributed by atoms with Gasteiger partial charge >= 0.3 is 0 Å². The second kappa shape index (κ2) is 7.38. The van der Waals surface area contributed by atoms with Gasteiger partial charge in [-0.1, -0.05) is 34.7 Å². The first-order chi connectivity index (χ1) is 12.0. The van der Waals surface area contributed by atoms with Gasteiger partial charge in [0.15, 0.2) is 0 Å². The van der Waals surface area contributed by atoms with Gasteiger partial charge in [0.05, 0.1) is 5.92 Å². The molecule has 1 aliphatic heterocycles.